The molecule has 1 N–H and O–H groups in total. The second-order valence-electron chi connectivity index (χ2n) is 3.53. The molecule has 0 spiro atoms. The van der Waals surface area contributed by atoms with Crippen molar-refractivity contribution in [2.75, 3.05) is 0 Å². The van der Waals surface area contributed by atoms with Crippen molar-refractivity contribution < 1.29 is 18.7 Å². The Kier molecular flexibility index (Phi) is 2.93. The number of rotatable bonds is 2. The van der Waals surface area contributed by atoms with Gasteiger partial charge in [-0.3, -0.25) is 0 Å². The molecular weight excluding hydrogens is 246 g/mol. The average Bonchev–Trinajstić information content (AvgIpc) is 2.75. The van der Waals surface area contributed by atoms with Gasteiger partial charge in [0.1, 0.15) is 4.88 Å². The van der Waals surface area contributed by atoms with Gasteiger partial charge >= 0.3 is 5.97 Å². The summed E-state index contributed by atoms with van der Waals surface area (Å²) < 4.78 is 27.1. The molecule has 5 heteroatoms. The van der Waals surface area contributed by atoms with Gasteiger partial charge in [0.25, 0.3) is 0 Å². The standard InChI is InChI=1S/C12H8F2O2S/c1-6-2-3-7(10(14)9(6)13)8-4-5-17-11(8)12(15)16/h2-5H,1H3,(H,15,16). The monoisotopic (exact) mass is 254 g/mol. The first kappa shape index (κ1) is 11.7. The fraction of sp³-hybridized carbons (Fsp3) is 0.0833. The van der Waals surface area contributed by atoms with Crippen molar-refractivity contribution in [2.24, 2.45) is 0 Å². The molecule has 2 rings (SSSR count). The van der Waals surface area contributed by atoms with Gasteiger partial charge in [-0.15, -0.1) is 11.3 Å². The predicted octanol–water partition coefficient (Wildman–Crippen LogP) is 3.70. The van der Waals surface area contributed by atoms with Gasteiger partial charge in [-0.05, 0) is 23.9 Å². The molecular formula is C12H8F2O2S. The maximum absolute atomic E-state index is 13.7. The van der Waals surface area contributed by atoms with E-state index in [1.54, 1.807) is 0 Å². The lowest BCUT2D eigenvalue weighted by molar-refractivity contribution is 0.0703. The van der Waals surface area contributed by atoms with Crippen LogP contribution in [0.4, 0.5) is 8.78 Å². The summed E-state index contributed by atoms with van der Waals surface area (Å²) in [6, 6.07) is 4.29. The molecule has 0 saturated heterocycles. The van der Waals surface area contributed by atoms with Gasteiger partial charge in [0.05, 0.1) is 0 Å². The Morgan fingerprint density at radius 2 is 1.88 bits per heavy atom. The van der Waals surface area contributed by atoms with Gasteiger partial charge in [0.15, 0.2) is 11.6 Å². The van der Waals surface area contributed by atoms with E-state index in [4.69, 9.17) is 5.11 Å². The van der Waals surface area contributed by atoms with E-state index in [1.807, 2.05) is 0 Å². The van der Waals surface area contributed by atoms with E-state index in [0.717, 1.165) is 11.3 Å². The fourth-order valence-corrected chi connectivity index (χ4v) is 2.29. The molecule has 0 aliphatic carbocycles. The van der Waals surface area contributed by atoms with E-state index in [2.05, 4.69) is 0 Å². The highest BCUT2D eigenvalue weighted by atomic mass is 32.1. The van der Waals surface area contributed by atoms with E-state index < -0.39 is 17.6 Å². The third-order valence-corrected chi connectivity index (χ3v) is 3.33. The van der Waals surface area contributed by atoms with Crippen molar-refractivity contribution in [3.63, 3.8) is 0 Å². The van der Waals surface area contributed by atoms with Crippen molar-refractivity contribution in [1.82, 2.24) is 0 Å². The Morgan fingerprint density at radius 3 is 2.53 bits per heavy atom. The summed E-state index contributed by atoms with van der Waals surface area (Å²) >= 11 is 0.983. The zero-order chi connectivity index (χ0) is 12.6. The molecule has 0 aliphatic heterocycles. The molecule has 2 aromatic rings. The van der Waals surface area contributed by atoms with Crippen molar-refractivity contribution in [2.45, 2.75) is 6.92 Å². The Hall–Kier alpha value is -1.75. The molecule has 1 heterocycles. The molecule has 0 aliphatic rings. The summed E-state index contributed by atoms with van der Waals surface area (Å²) in [6.45, 7) is 1.45. The number of carboxylic acids is 1. The van der Waals surface area contributed by atoms with Crippen molar-refractivity contribution in [1.29, 1.82) is 0 Å². The first-order valence-corrected chi connectivity index (χ1v) is 5.66. The second kappa shape index (κ2) is 4.25. The maximum Gasteiger partial charge on any atom is 0.346 e. The van der Waals surface area contributed by atoms with Crippen LogP contribution in [0.15, 0.2) is 23.6 Å². The summed E-state index contributed by atoms with van der Waals surface area (Å²) in [5.41, 5.74) is 0.379. The maximum atomic E-state index is 13.7. The number of hydrogen-bond donors (Lipinski definition) is 1. The minimum absolute atomic E-state index is 0.00662. The Labute approximate surface area is 100 Å². The van der Waals surface area contributed by atoms with Crippen LogP contribution in [0.25, 0.3) is 11.1 Å². The van der Waals surface area contributed by atoms with Gasteiger partial charge in [-0.2, -0.15) is 0 Å². The Bertz CT molecular complexity index is 590. The number of thiophene rings is 1. The molecule has 0 bridgehead atoms. The van der Waals surface area contributed by atoms with Gasteiger partial charge in [-0.1, -0.05) is 12.1 Å². The van der Waals surface area contributed by atoms with Crippen LogP contribution in [0.3, 0.4) is 0 Å². The lowest BCUT2D eigenvalue weighted by Crippen LogP contribution is -1.98. The van der Waals surface area contributed by atoms with Gasteiger partial charge < -0.3 is 5.11 Å². The van der Waals surface area contributed by atoms with Crippen LogP contribution in [0.2, 0.25) is 0 Å². The third-order valence-electron chi connectivity index (χ3n) is 2.43. The molecule has 88 valence electrons. The third kappa shape index (κ3) is 1.93. The van der Waals surface area contributed by atoms with Crippen LogP contribution >= 0.6 is 11.3 Å². The van der Waals surface area contributed by atoms with Crippen LogP contribution in [0, 0.1) is 18.6 Å². The molecule has 0 atom stereocenters. The average molecular weight is 254 g/mol. The molecule has 0 unspecified atom stereocenters. The largest absolute Gasteiger partial charge is 0.477 e. The van der Waals surface area contributed by atoms with Crippen molar-refractivity contribution >= 4 is 17.3 Å². The minimum Gasteiger partial charge on any atom is -0.477 e. The highest BCUT2D eigenvalue weighted by molar-refractivity contribution is 7.12. The minimum atomic E-state index is -1.14. The number of hydrogen-bond acceptors (Lipinski definition) is 2. The normalized spacial score (nSPS) is 10.5. The van der Waals surface area contributed by atoms with Crippen LogP contribution in [-0.2, 0) is 0 Å². The topological polar surface area (TPSA) is 37.3 Å². The highest BCUT2D eigenvalue weighted by Gasteiger charge is 2.19. The molecule has 0 amide bonds. The second-order valence-corrected chi connectivity index (χ2v) is 4.44. The molecule has 2 nitrogen and oxygen atoms in total. The van der Waals surface area contributed by atoms with E-state index >= 15 is 0 Å². The Morgan fingerprint density at radius 1 is 1.18 bits per heavy atom. The summed E-state index contributed by atoms with van der Waals surface area (Å²) in [4.78, 5) is 10.9. The molecule has 17 heavy (non-hydrogen) atoms. The predicted molar refractivity (Wildman–Crippen MR) is 61.4 cm³/mol. The molecule has 1 aromatic heterocycles. The van der Waals surface area contributed by atoms with E-state index in [1.165, 1.54) is 30.5 Å². The van der Waals surface area contributed by atoms with Crippen LogP contribution in [-0.4, -0.2) is 11.1 Å². The quantitative estimate of drug-likeness (QED) is 0.887. The van der Waals surface area contributed by atoms with Crippen LogP contribution in [0.1, 0.15) is 15.2 Å². The van der Waals surface area contributed by atoms with E-state index in [-0.39, 0.29) is 21.6 Å². The number of halogens is 2. The molecule has 0 fully saturated rings. The molecule has 1 aromatic carbocycles. The first-order valence-electron chi connectivity index (χ1n) is 4.78. The smallest absolute Gasteiger partial charge is 0.346 e. The SMILES string of the molecule is Cc1ccc(-c2ccsc2C(=O)O)c(F)c1F. The highest BCUT2D eigenvalue weighted by Crippen LogP contribution is 2.32. The van der Waals surface area contributed by atoms with Gasteiger partial charge in [-0.25, -0.2) is 13.6 Å². The summed E-state index contributed by atoms with van der Waals surface area (Å²) in [6.07, 6.45) is 0. The fourth-order valence-electron chi connectivity index (χ4n) is 1.54. The van der Waals surface area contributed by atoms with Crippen LogP contribution in [0.5, 0.6) is 0 Å². The lowest BCUT2D eigenvalue weighted by Gasteiger charge is -2.05. The zero-order valence-corrected chi connectivity index (χ0v) is 9.65. The van der Waals surface area contributed by atoms with Crippen LogP contribution < -0.4 is 0 Å². The number of aromatic carboxylic acids is 1. The Balaban J connectivity index is 2.65. The first-order chi connectivity index (χ1) is 8.02. The number of aryl methyl sites for hydroxylation is 1. The van der Waals surface area contributed by atoms with Crippen molar-refractivity contribution in [3.05, 3.63) is 45.7 Å². The van der Waals surface area contributed by atoms with E-state index in [9.17, 15) is 13.6 Å². The summed E-state index contributed by atoms with van der Waals surface area (Å²) in [7, 11) is 0. The number of carboxylic acid groups (broad SMARTS) is 1. The lowest BCUT2D eigenvalue weighted by atomic mass is 10.0. The summed E-state index contributed by atoms with van der Waals surface area (Å²) in [5.74, 6) is -3.09. The zero-order valence-electron chi connectivity index (χ0n) is 8.83. The molecule has 0 saturated carbocycles. The number of benzene rings is 1. The van der Waals surface area contributed by atoms with Gasteiger partial charge in [0, 0.05) is 11.1 Å². The molecule has 0 radical (unpaired) electrons. The number of carbonyl (C=O) groups is 1. The van der Waals surface area contributed by atoms with E-state index in [0.29, 0.717) is 0 Å². The van der Waals surface area contributed by atoms with Gasteiger partial charge in [0.2, 0.25) is 0 Å². The summed E-state index contributed by atoms with van der Waals surface area (Å²) in [5, 5.41) is 10.5. The van der Waals surface area contributed by atoms with Crippen molar-refractivity contribution in [3.8, 4) is 11.1 Å².